The highest BCUT2D eigenvalue weighted by Gasteiger charge is 2.39. The molecule has 0 radical (unpaired) electrons. The summed E-state index contributed by atoms with van der Waals surface area (Å²) in [6.45, 7) is 3.47. The van der Waals surface area contributed by atoms with Gasteiger partial charge in [0, 0.05) is 96.1 Å². The molecule has 1 unspecified atom stereocenters. The van der Waals surface area contributed by atoms with Gasteiger partial charge in [0.1, 0.15) is 23.4 Å². The highest BCUT2D eigenvalue weighted by molar-refractivity contribution is 6.31. The van der Waals surface area contributed by atoms with Gasteiger partial charge in [-0.2, -0.15) is 0 Å². The van der Waals surface area contributed by atoms with E-state index in [0.29, 0.717) is 83.9 Å². The van der Waals surface area contributed by atoms with E-state index in [9.17, 15) is 28.0 Å². The molecule has 0 saturated carbocycles. The Morgan fingerprint density at radius 1 is 0.882 bits per heavy atom. The lowest BCUT2D eigenvalue weighted by Gasteiger charge is -2.29. The molecule has 3 aliphatic heterocycles. The Labute approximate surface area is 394 Å². The zero-order chi connectivity index (χ0) is 47.1. The van der Waals surface area contributed by atoms with Crippen molar-refractivity contribution in [1.29, 1.82) is 0 Å². The second-order valence-corrected chi connectivity index (χ2v) is 17.0. The molecule has 68 heavy (non-hydrogen) atoms. The number of rotatable bonds is 18. The van der Waals surface area contributed by atoms with Crippen molar-refractivity contribution in [2.75, 3.05) is 36.9 Å². The topological polar surface area (TPSA) is 198 Å². The predicted octanol–water partition coefficient (Wildman–Crippen LogP) is 6.99. The van der Waals surface area contributed by atoms with Crippen LogP contribution in [0.4, 0.5) is 26.1 Å². The zero-order valence-corrected chi connectivity index (χ0v) is 37.5. The molecule has 0 spiro atoms. The largest absolute Gasteiger partial charge is 0.381 e. The third kappa shape index (κ3) is 10.5. The number of ether oxygens (including phenoxy) is 1. The van der Waals surface area contributed by atoms with Crippen LogP contribution >= 0.6 is 11.6 Å². The van der Waals surface area contributed by atoms with Crippen LogP contribution in [0.25, 0.3) is 22.5 Å². The van der Waals surface area contributed by atoms with E-state index in [1.54, 1.807) is 42.6 Å². The summed E-state index contributed by atoms with van der Waals surface area (Å²) in [4.78, 5) is 64.8. The van der Waals surface area contributed by atoms with Gasteiger partial charge in [-0.15, -0.1) is 5.10 Å². The van der Waals surface area contributed by atoms with E-state index in [0.717, 1.165) is 41.8 Å². The minimum Gasteiger partial charge on any atom is -0.381 e. The van der Waals surface area contributed by atoms with E-state index in [-0.39, 0.29) is 54.9 Å². The molecule has 3 aliphatic rings. The molecule has 348 valence electrons. The van der Waals surface area contributed by atoms with Crippen LogP contribution in [-0.2, 0) is 38.8 Å². The molecule has 5 heterocycles. The summed E-state index contributed by atoms with van der Waals surface area (Å²) in [6, 6.07) is 20.9. The molecule has 0 aliphatic carbocycles. The number of halogens is 3. The number of hydrogen-bond acceptors (Lipinski definition) is 12. The fourth-order valence-corrected chi connectivity index (χ4v) is 8.57. The van der Waals surface area contributed by atoms with Gasteiger partial charge in [0.25, 0.3) is 5.91 Å². The molecule has 1 saturated heterocycles. The van der Waals surface area contributed by atoms with Crippen LogP contribution in [-0.4, -0.2) is 91.5 Å². The smallest absolute Gasteiger partial charge is 0.255 e. The average molecular weight is 942 g/mol. The Bertz CT molecular complexity index is 2910. The Kier molecular flexibility index (Phi) is 14.0. The van der Waals surface area contributed by atoms with Crippen molar-refractivity contribution >= 4 is 58.3 Å². The molecule has 4 aromatic carbocycles. The van der Waals surface area contributed by atoms with Crippen molar-refractivity contribution < 1.29 is 32.7 Å². The Hall–Kier alpha value is -7.28. The van der Waals surface area contributed by atoms with E-state index in [2.05, 4.69) is 41.6 Å². The number of imide groups is 1. The lowest BCUT2D eigenvalue weighted by Crippen LogP contribution is -2.52. The number of aryl methyl sites for hydroxylation is 1. The van der Waals surface area contributed by atoms with Crippen LogP contribution in [0.3, 0.4) is 0 Å². The van der Waals surface area contributed by atoms with E-state index in [1.165, 1.54) is 23.1 Å². The van der Waals surface area contributed by atoms with Gasteiger partial charge < -0.3 is 25.6 Å². The monoisotopic (exact) mass is 941 g/mol. The third-order valence-corrected chi connectivity index (χ3v) is 12.1. The second-order valence-electron chi connectivity index (χ2n) is 16.6. The third-order valence-electron chi connectivity index (χ3n) is 11.8. The van der Waals surface area contributed by atoms with Crippen LogP contribution in [0, 0.1) is 11.6 Å². The van der Waals surface area contributed by atoms with Crippen LogP contribution in [0.2, 0.25) is 5.02 Å². The molecule has 9 rings (SSSR count). The van der Waals surface area contributed by atoms with Gasteiger partial charge in [-0.3, -0.25) is 34.2 Å². The van der Waals surface area contributed by atoms with Crippen molar-refractivity contribution in [1.82, 2.24) is 40.5 Å². The number of benzene rings is 4. The molecular weight excluding hydrogens is 896 g/mol. The maximum Gasteiger partial charge on any atom is 0.255 e. The number of aliphatic imine (C=N–C) groups is 1. The second kappa shape index (κ2) is 20.7. The van der Waals surface area contributed by atoms with Gasteiger partial charge in [-0.1, -0.05) is 41.1 Å². The highest BCUT2D eigenvalue weighted by atomic mass is 35.5. The molecule has 0 bridgehead atoms. The predicted molar refractivity (Wildman–Crippen MR) is 250 cm³/mol. The highest BCUT2D eigenvalue weighted by Crippen LogP contribution is 2.35. The van der Waals surface area contributed by atoms with Crippen molar-refractivity contribution in [2.24, 2.45) is 4.99 Å². The fourth-order valence-electron chi connectivity index (χ4n) is 8.40. The Morgan fingerprint density at radius 2 is 1.68 bits per heavy atom. The van der Waals surface area contributed by atoms with Crippen molar-refractivity contribution in [3.05, 3.63) is 136 Å². The molecule has 6 aromatic rings. The molecule has 4 amide bonds. The number of anilines is 3. The molecule has 1 atom stereocenters. The van der Waals surface area contributed by atoms with Gasteiger partial charge >= 0.3 is 0 Å². The quantitative estimate of drug-likeness (QED) is 0.0512. The number of piperidine rings is 1. The molecule has 16 nitrogen and oxygen atoms in total. The number of amides is 4. The number of unbranched alkanes of at least 4 members (excludes halogenated alkanes) is 1. The van der Waals surface area contributed by atoms with Gasteiger partial charge in [-0.05, 0) is 92.4 Å². The summed E-state index contributed by atoms with van der Waals surface area (Å²) >= 11 is 6.37. The summed E-state index contributed by atoms with van der Waals surface area (Å²) in [5.41, 5.74) is 6.47. The number of hydrogen-bond donors (Lipinski definition) is 4. The minimum atomic E-state index is -0.721. The summed E-state index contributed by atoms with van der Waals surface area (Å²) in [6.07, 6.45) is 6.84. The lowest BCUT2D eigenvalue weighted by molar-refractivity contribution is -0.137. The maximum atomic E-state index is 14.9. The summed E-state index contributed by atoms with van der Waals surface area (Å²) in [5, 5.41) is 20.8. The number of nitrogens with one attached hydrogen (secondary N) is 4. The summed E-state index contributed by atoms with van der Waals surface area (Å²) < 4.78 is 37.5. The summed E-state index contributed by atoms with van der Waals surface area (Å²) in [5.74, 6) is -2.31. The number of fused-ring (bicyclic) bond motifs is 4. The van der Waals surface area contributed by atoms with Gasteiger partial charge in [0.15, 0.2) is 0 Å². The van der Waals surface area contributed by atoms with Crippen LogP contribution in [0.1, 0.15) is 71.1 Å². The number of nitrogens with zero attached hydrogens (tertiary/aromatic N) is 7. The van der Waals surface area contributed by atoms with Crippen molar-refractivity contribution in [3.8, 4) is 22.5 Å². The summed E-state index contributed by atoms with van der Waals surface area (Å²) in [7, 11) is 0. The molecule has 19 heteroatoms. The molecule has 1 fully saturated rings. The maximum absolute atomic E-state index is 14.9. The van der Waals surface area contributed by atoms with Gasteiger partial charge in [0.2, 0.25) is 23.7 Å². The van der Waals surface area contributed by atoms with Gasteiger partial charge in [-0.25, -0.2) is 18.7 Å². The van der Waals surface area contributed by atoms with Gasteiger partial charge in [0.05, 0.1) is 29.7 Å². The first-order chi connectivity index (χ1) is 33.1. The number of carbonyl (C=O) groups is 4. The standard InChI is InChI=1S/C49H46ClF2N11O5/c50-32-9-13-36-37(24-32)46(44-38(51)5-3-6-39(44)52)54-25-31-26-55-49(59-45(31)36)57-33-10-7-29(8-11-33)40-28-62(61-60-40)20-1-2-21-68-22-4-18-53-19-17-43(65)56-34-12-14-35-30(23-34)27-63(48(35)67)41-15-16-42(64)58-47(41)66/h3,5-14,23-24,26,28,41,53H,1-2,4,15-22,25,27H2,(H,56,65)(H,55,57,59)(H,58,64,66). The minimum absolute atomic E-state index is 0.117. The zero-order valence-electron chi connectivity index (χ0n) is 36.7. The first kappa shape index (κ1) is 45.9. The fraction of sp³-hybridized carbons (Fsp3) is 0.286. The van der Waals surface area contributed by atoms with Crippen molar-refractivity contribution in [2.45, 2.75) is 64.2 Å². The SMILES string of the molecule is O=C1CCC(N2Cc3cc(NC(=O)CCNCCCOCCCCn4cc(-c5ccc(Nc6ncc7c(n6)-c6ccc(Cl)cc6C(c6c(F)cccc6F)=NC7)cc5)nn4)ccc3C2=O)C(=O)N1. The van der Waals surface area contributed by atoms with Crippen LogP contribution in [0.15, 0.2) is 96.2 Å². The van der Waals surface area contributed by atoms with E-state index in [1.807, 2.05) is 35.1 Å². The first-order valence-corrected chi connectivity index (χ1v) is 22.7. The molecule has 2 aromatic heterocycles. The number of aromatic nitrogens is 5. The van der Waals surface area contributed by atoms with E-state index >= 15 is 0 Å². The molecular formula is C49H46ClF2N11O5. The van der Waals surface area contributed by atoms with E-state index < -0.39 is 23.6 Å². The Morgan fingerprint density at radius 3 is 2.50 bits per heavy atom. The molecule has 4 N–H and O–H groups in total. The van der Waals surface area contributed by atoms with Crippen molar-refractivity contribution in [3.63, 3.8) is 0 Å². The van der Waals surface area contributed by atoms with Crippen LogP contribution in [0.5, 0.6) is 0 Å². The lowest BCUT2D eigenvalue weighted by atomic mass is 9.95. The van der Waals surface area contributed by atoms with E-state index in [4.69, 9.17) is 21.3 Å². The number of carbonyl (C=O) groups excluding carboxylic acids is 4. The average Bonchev–Trinajstić information content (AvgIpc) is 3.89. The normalized spacial score (nSPS) is 15.3. The Balaban J connectivity index is 0.662. The first-order valence-electron chi connectivity index (χ1n) is 22.4. The van der Waals surface area contributed by atoms with Crippen LogP contribution < -0.4 is 21.3 Å².